The van der Waals surface area contributed by atoms with Crippen molar-refractivity contribution < 1.29 is 4.79 Å². The number of hydrogen-bond donors (Lipinski definition) is 1. The third kappa shape index (κ3) is 3.14. The Kier molecular flexibility index (Phi) is 4.07. The van der Waals surface area contributed by atoms with Crippen molar-refractivity contribution in [3.05, 3.63) is 30.3 Å². The third-order valence-corrected chi connectivity index (χ3v) is 2.09. The summed E-state index contributed by atoms with van der Waals surface area (Å²) in [5.41, 5.74) is 0.912. The Bertz CT molecular complexity index is 313. The van der Waals surface area contributed by atoms with Gasteiger partial charge < -0.3 is 10.2 Å². The van der Waals surface area contributed by atoms with Gasteiger partial charge in [0.25, 0.3) is 0 Å². The van der Waals surface area contributed by atoms with E-state index in [1.54, 1.807) is 18.2 Å². The Labute approximate surface area is 88.7 Å². The number of nitrogens with zero attached hydrogens (tertiary/aromatic N) is 1. The van der Waals surface area contributed by atoms with Crippen LogP contribution < -0.4 is 5.32 Å². The fourth-order valence-electron chi connectivity index (χ4n) is 0.909. The van der Waals surface area contributed by atoms with Crippen LogP contribution in [0.3, 0.4) is 0 Å². The molecule has 1 aromatic rings. The molecule has 14 heavy (non-hydrogen) atoms. The average molecular weight is 207 g/mol. The summed E-state index contributed by atoms with van der Waals surface area (Å²) < 4.78 is 0. The van der Waals surface area contributed by atoms with E-state index in [0.29, 0.717) is 5.11 Å². The lowest BCUT2D eigenvalue weighted by Gasteiger charge is -2.17. The molecule has 0 aliphatic heterocycles. The number of anilines is 1. The fourth-order valence-corrected chi connectivity index (χ4v) is 1.09. The molecule has 1 rings (SSSR count). The Morgan fingerprint density at radius 2 is 2.14 bits per heavy atom. The molecule has 0 spiro atoms. The normalized spacial score (nSPS) is 9.21. The van der Waals surface area contributed by atoms with Crippen LogP contribution in [0.5, 0.6) is 0 Å². The molecule has 0 aliphatic rings. The maximum absolute atomic E-state index is 10.1. The zero-order valence-corrected chi connectivity index (χ0v) is 8.67. The van der Waals surface area contributed by atoms with E-state index in [0.717, 1.165) is 5.69 Å². The quantitative estimate of drug-likeness (QED) is 0.760. The minimum atomic E-state index is 0.179. The van der Waals surface area contributed by atoms with Gasteiger partial charge in [-0.1, -0.05) is 18.2 Å². The predicted octanol–water partition coefficient (Wildman–Crippen LogP) is 1.42. The second-order valence-electron chi connectivity index (χ2n) is 2.80. The molecule has 0 unspecified atom stereocenters. The SMILES string of the molecule is CN(C[C]=O)C(=S)Nc1ccccc1. The van der Waals surface area contributed by atoms with E-state index in [4.69, 9.17) is 12.2 Å². The standard InChI is InChI=1S/C10H11N2OS/c1-12(7-8-13)10(14)11-9-5-3-2-4-6-9/h2-6H,7H2,1H3,(H,11,14). The minimum Gasteiger partial charge on any atom is -0.344 e. The first-order chi connectivity index (χ1) is 6.74. The monoisotopic (exact) mass is 207 g/mol. The van der Waals surface area contributed by atoms with Gasteiger partial charge in [0.15, 0.2) is 5.11 Å². The molecule has 0 heterocycles. The number of hydrogen-bond acceptors (Lipinski definition) is 2. The summed E-state index contributed by atoms with van der Waals surface area (Å²) in [5, 5.41) is 3.52. The second-order valence-corrected chi connectivity index (χ2v) is 3.18. The zero-order chi connectivity index (χ0) is 10.4. The fraction of sp³-hybridized carbons (Fsp3) is 0.200. The Morgan fingerprint density at radius 3 is 2.71 bits per heavy atom. The average Bonchev–Trinajstić information content (AvgIpc) is 2.19. The Morgan fingerprint density at radius 1 is 1.50 bits per heavy atom. The van der Waals surface area contributed by atoms with Crippen LogP contribution in [0.2, 0.25) is 0 Å². The van der Waals surface area contributed by atoms with Crippen LogP contribution in [0.4, 0.5) is 5.69 Å². The van der Waals surface area contributed by atoms with Gasteiger partial charge in [0.1, 0.15) is 0 Å². The molecule has 0 fully saturated rings. The first kappa shape index (κ1) is 10.7. The highest BCUT2D eigenvalue weighted by Gasteiger charge is 2.02. The van der Waals surface area contributed by atoms with Crippen LogP contribution in [0.15, 0.2) is 30.3 Å². The van der Waals surface area contributed by atoms with E-state index in [1.807, 2.05) is 30.3 Å². The van der Waals surface area contributed by atoms with E-state index in [-0.39, 0.29) is 6.54 Å². The summed E-state index contributed by atoms with van der Waals surface area (Å²) in [7, 11) is 1.74. The van der Waals surface area contributed by atoms with E-state index >= 15 is 0 Å². The maximum Gasteiger partial charge on any atom is 0.219 e. The van der Waals surface area contributed by atoms with Crippen LogP contribution in [0.25, 0.3) is 0 Å². The third-order valence-electron chi connectivity index (χ3n) is 1.67. The van der Waals surface area contributed by atoms with Crippen LogP contribution in [0, 0.1) is 0 Å². The first-order valence-corrected chi connectivity index (χ1v) is 4.57. The molecule has 0 atom stereocenters. The van der Waals surface area contributed by atoms with E-state index in [2.05, 4.69) is 5.32 Å². The highest BCUT2D eigenvalue weighted by Crippen LogP contribution is 2.05. The summed E-state index contributed by atoms with van der Waals surface area (Å²) in [6.07, 6.45) is 1.78. The molecule has 0 aliphatic carbocycles. The Hall–Kier alpha value is -1.42. The van der Waals surface area contributed by atoms with Crippen molar-refractivity contribution >= 4 is 29.3 Å². The Balaban J connectivity index is 2.53. The number of para-hydroxylation sites is 1. The van der Waals surface area contributed by atoms with Gasteiger partial charge in [-0.05, 0) is 24.4 Å². The van der Waals surface area contributed by atoms with Crippen LogP contribution in [-0.2, 0) is 4.79 Å². The van der Waals surface area contributed by atoms with Gasteiger partial charge >= 0.3 is 0 Å². The lowest BCUT2D eigenvalue weighted by Crippen LogP contribution is -2.32. The van der Waals surface area contributed by atoms with Gasteiger partial charge in [0.05, 0.1) is 6.54 Å². The van der Waals surface area contributed by atoms with Gasteiger partial charge in [-0.25, -0.2) is 0 Å². The summed E-state index contributed by atoms with van der Waals surface area (Å²) in [5.74, 6) is 0. The van der Waals surface area contributed by atoms with Gasteiger partial charge in [-0.2, -0.15) is 0 Å². The van der Waals surface area contributed by atoms with Crippen molar-refractivity contribution in [2.75, 3.05) is 18.9 Å². The van der Waals surface area contributed by atoms with Gasteiger partial charge in [-0.15, -0.1) is 0 Å². The topological polar surface area (TPSA) is 32.3 Å². The van der Waals surface area contributed by atoms with Crippen LogP contribution in [0.1, 0.15) is 0 Å². The minimum absolute atomic E-state index is 0.179. The summed E-state index contributed by atoms with van der Waals surface area (Å²) in [6.45, 7) is 0.179. The number of benzene rings is 1. The van der Waals surface area contributed by atoms with Crippen LogP contribution >= 0.6 is 12.2 Å². The highest BCUT2D eigenvalue weighted by atomic mass is 32.1. The number of likely N-dealkylation sites (N-methyl/N-ethyl adjacent to an activating group) is 1. The molecule has 0 aromatic heterocycles. The largest absolute Gasteiger partial charge is 0.344 e. The van der Waals surface area contributed by atoms with Crippen molar-refractivity contribution in [2.24, 2.45) is 0 Å². The number of rotatable bonds is 3. The zero-order valence-electron chi connectivity index (χ0n) is 7.86. The van der Waals surface area contributed by atoms with Crippen molar-refractivity contribution in [3.63, 3.8) is 0 Å². The molecular formula is C10H11N2OS. The lowest BCUT2D eigenvalue weighted by molar-refractivity contribution is 0.516. The van der Waals surface area contributed by atoms with Crippen LogP contribution in [-0.4, -0.2) is 29.9 Å². The highest BCUT2D eigenvalue weighted by molar-refractivity contribution is 7.80. The van der Waals surface area contributed by atoms with Gasteiger partial charge in [-0.3, -0.25) is 4.79 Å². The van der Waals surface area contributed by atoms with E-state index in [1.165, 1.54) is 0 Å². The lowest BCUT2D eigenvalue weighted by atomic mass is 10.3. The smallest absolute Gasteiger partial charge is 0.219 e. The molecule has 73 valence electrons. The molecule has 0 amide bonds. The van der Waals surface area contributed by atoms with Crippen molar-refractivity contribution in [3.8, 4) is 0 Å². The van der Waals surface area contributed by atoms with E-state index < -0.39 is 0 Å². The molecule has 4 heteroatoms. The van der Waals surface area contributed by atoms with Crippen molar-refractivity contribution in [1.82, 2.24) is 4.90 Å². The molecule has 3 nitrogen and oxygen atoms in total. The number of thiocarbonyl (C=S) groups is 1. The summed E-state index contributed by atoms with van der Waals surface area (Å²) in [4.78, 5) is 11.7. The summed E-state index contributed by atoms with van der Waals surface area (Å²) in [6, 6.07) is 9.57. The summed E-state index contributed by atoms with van der Waals surface area (Å²) >= 11 is 5.06. The van der Waals surface area contributed by atoms with E-state index in [9.17, 15) is 4.79 Å². The second kappa shape index (κ2) is 5.34. The first-order valence-electron chi connectivity index (χ1n) is 4.16. The number of carbonyl (C=O) groups excluding carboxylic acids is 1. The predicted molar refractivity (Wildman–Crippen MR) is 61.0 cm³/mol. The van der Waals surface area contributed by atoms with Crippen molar-refractivity contribution in [1.29, 1.82) is 0 Å². The number of nitrogens with one attached hydrogen (secondary N) is 1. The maximum atomic E-state index is 10.1. The molecule has 1 N–H and O–H groups in total. The molecule has 0 bridgehead atoms. The van der Waals surface area contributed by atoms with Gasteiger partial charge in [0, 0.05) is 12.7 Å². The molecular weight excluding hydrogens is 196 g/mol. The molecule has 1 aromatic carbocycles. The van der Waals surface area contributed by atoms with Crippen molar-refractivity contribution in [2.45, 2.75) is 0 Å². The molecule has 0 saturated heterocycles. The molecule has 1 radical (unpaired) electrons. The molecule has 0 saturated carbocycles. The van der Waals surface area contributed by atoms with Gasteiger partial charge in [0.2, 0.25) is 6.29 Å².